The highest BCUT2D eigenvalue weighted by Crippen LogP contribution is 2.33. The number of likely N-dealkylation sites (tertiary alicyclic amines) is 1. The van der Waals surface area contributed by atoms with Gasteiger partial charge < -0.3 is 15.1 Å². The summed E-state index contributed by atoms with van der Waals surface area (Å²) in [6.45, 7) is 4.21. The van der Waals surface area contributed by atoms with E-state index >= 15 is 0 Å². The second kappa shape index (κ2) is 7.02. The molecule has 3 saturated heterocycles. The Kier molecular flexibility index (Phi) is 5.18. The predicted octanol–water partition coefficient (Wildman–Crippen LogP) is 1.90. The number of hydrogen-bond donors (Lipinski definition) is 1. The molecule has 4 rings (SSSR count). The summed E-state index contributed by atoms with van der Waals surface area (Å²) < 4.78 is 0.892. The third-order valence-electron chi connectivity index (χ3n) is 5.32. The maximum Gasteiger partial charge on any atom is 0.228 e. The van der Waals surface area contributed by atoms with E-state index in [0.717, 1.165) is 36.3 Å². The number of para-hydroxylation sites is 1. The van der Waals surface area contributed by atoms with E-state index in [1.807, 2.05) is 29.2 Å². The Bertz CT molecular complexity index is 644. The molecular weight excluding hydrogens is 394 g/mol. The van der Waals surface area contributed by atoms with E-state index in [2.05, 4.69) is 21.2 Å². The lowest BCUT2D eigenvalue weighted by Crippen LogP contribution is -2.37. The van der Waals surface area contributed by atoms with Crippen LogP contribution in [0.5, 0.6) is 0 Å². The first-order chi connectivity index (χ1) is 11.1. The molecule has 5 nitrogen and oxygen atoms in total. The molecule has 3 fully saturated rings. The minimum Gasteiger partial charge on any atom is -0.342 e. The number of nitrogens with zero attached hydrogens (tertiary/aromatic N) is 2. The maximum atomic E-state index is 12.8. The Labute approximate surface area is 156 Å². The number of hydrogen-bond acceptors (Lipinski definition) is 3. The van der Waals surface area contributed by atoms with Crippen molar-refractivity contribution in [2.45, 2.75) is 6.42 Å². The minimum atomic E-state index is -0.207. The molecule has 0 radical (unpaired) electrons. The van der Waals surface area contributed by atoms with Crippen molar-refractivity contribution in [3.63, 3.8) is 0 Å². The largest absolute Gasteiger partial charge is 0.342 e. The third kappa shape index (κ3) is 3.07. The molecule has 24 heavy (non-hydrogen) atoms. The van der Waals surface area contributed by atoms with E-state index in [-0.39, 0.29) is 30.1 Å². The molecule has 3 aliphatic rings. The van der Waals surface area contributed by atoms with Crippen LogP contribution >= 0.6 is 28.3 Å². The number of rotatable bonds is 2. The summed E-state index contributed by atoms with van der Waals surface area (Å²) in [6.07, 6.45) is 0.324. The molecule has 0 aromatic heterocycles. The Morgan fingerprint density at radius 1 is 1.12 bits per heavy atom. The van der Waals surface area contributed by atoms with E-state index in [1.165, 1.54) is 0 Å². The van der Waals surface area contributed by atoms with Crippen molar-refractivity contribution >= 4 is 45.8 Å². The van der Waals surface area contributed by atoms with Crippen LogP contribution < -0.4 is 10.2 Å². The highest BCUT2D eigenvalue weighted by Gasteiger charge is 2.43. The SMILES string of the molecule is Cl.O=C(C1CC(=O)N(c2ccccc2Br)C1)N1C[C@H]2CNC[C@H]2C1. The number of halogens is 2. The van der Waals surface area contributed by atoms with Gasteiger partial charge in [0.05, 0.1) is 11.6 Å². The van der Waals surface area contributed by atoms with Gasteiger partial charge in [-0.05, 0) is 39.9 Å². The molecule has 3 atom stereocenters. The average molecular weight is 415 g/mol. The average Bonchev–Trinajstić information content (AvgIpc) is 3.21. The highest BCUT2D eigenvalue weighted by molar-refractivity contribution is 9.10. The number of benzene rings is 1. The number of nitrogens with one attached hydrogen (secondary N) is 1. The Hall–Kier alpha value is -1.11. The summed E-state index contributed by atoms with van der Waals surface area (Å²) in [5.41, 5.74) is 0.857. The van der Waals surface area contributed by atoms with Crippen molar-refractivity contribution in [1.29, 1.82) is 0 Å². The molecule has 1 N–H and O–H groups in total. The summed E-state index contributed by atoms with van der Waals surface area (Å²) in [4.78, 5) is 28.9. The van der Waals surface area contributed by atoms with Crippen LogP contribution in [0.25, 0.3) is 0 Å². The van der Waals surface area contributed by atoms with Crippen LogP contribution in [0.4, 0.5) is 5.69 Å². The first-order valence-corrected chi connectivity index (χ1v) is 8.97. The molecule has 3 heterocycles. The number of fused-ring (bicyclic) bond motifs is 1. The molecule has 130 valence electrons. The molecule has 1 aromatic carbocycles. The lowest BCUT2D eigenvalue weighted by atomic mass is 10.0. The van der Waals surface area contributed by atoms with Crippen molar-refractivity contribution in [1.82, 2.24) is 10.2 Å². The first kappa shape index (κ1) is 17.7. The monoisotopic (exact) mass is 413 g/mol. The van der Waals surface area contributed by atoms with Gasteiger partial charge in [-0.25, -0.2) is 0 Å². The van der Waals surface area contributed by atoms with Crippen LogP contribution in [-0.4, -0.2) is 49.4 Å². The zero-order valence-corrected chi connectivity index (χ0v) is 15.7. The smallest absolute Gasteiger partial charge is 0.228 e. The Morgan fingerprint density at radius 2 is 1.79 bits per heavy atom. The number of anilines is 1. The molecule has 0 spiro atoms. The zero-order chi connectivity index (χ0) is 16.0. The lowest BCUT2D eigenvalue weighted by Gasteiger charge is -2.22. The molecule has 1 aromatic rings. The van der Waals surface area contributed by atoms with E-state index in [1.54, 1.807) is 4.90 Å². The first-order valence-electron chi connectivity index (χ1n) is 8.18. The second-order valence-corrected chi connectivity index (χ2v) is 7.63. The third-order valence-corrected chi connectivity index (χ3v) is 5.99. The standard InChI is InChI=1S/C17H20BrN3O2.ClH/c18-14-3-1-2-4-15(14)21-10-11(5-16(21)22)17(23)20-8-12-6-19-7-13(12)9-20;/h1-4,11-13,19H,5-10H2;1H/t11?,12-,13+;. The molecule has 2 amide bonds. The minimum absolute atomic E-state index is 0. The lowest BCUT2D eigenvalue weighted by molar-refractivity contribution is -0.135. The number of carbonyl (C=O) groups is 2. The zero-order valence-electron chi connectivity index (χ0n) is 13.3. The van der Waals surface area contributed by atoms with Crippen LogP contribution in [0.3, 0.4) is 0 Å². The number of carbonyl (C=O) groups excluding carboxylic acids is 2. The van der Waals surface area contributed by atoms with E-state index in [9.17, 15) is 9.59 Å². The highest BCUT2D eigenvalue weighted by atomic mass is 79.9. The van der Waals surface area contributed by atoms with Crippen LogP contribution in [0.1, 0.15) is 6.42 Å². The topological polar surface area (TPSA) is 52.7 Å². The molecule has 0 aliphatic carbocycles. The fourth-order valence-corrected chi connectivity index (χ4v) is 4.57. The van der Waals surface area contributed by atoms with Gasteiger partial charge in [0.25, 0.3) is 0 Å². The fraction of sp³-hybridized carbons (Fsp3) is 0.529. The van der Waals surface area contributed by atoms with Crippen LogP contribution in [0, 0.1) is 17.8 Å². The van der Waals surface area contributed by atoms with Crippen LogP contribution in [-0.2, 0) is 9.59 Å². The molecule has 7 heteroatoms. The molecule has 0 saturated carbocycles. The summed E-state index contributed by atoms with van der Waals surface area (Å²) in [5, 5.41) is 3.39. The van der Waals surface area contributed by atoms with Gasteiger partial charge in [-0.1, -0.05) is 12.1 Å². The summed E-state index contributed by atoms with van der Waals surface area (Å²) in [7, 11) is 0. The fourth-order valence-electron chi connectivity index (χ4n) is 4.07. The predicted molar refractivity (Wildman–Crippen MR) is 98.3 cm³/mol. The van der Waals surface area contributed by atoms with Crippen molar-refractivity contribution < 1.29 is 9.59 Å². The molecule has 0 bridgehead atoms. The molecular formula is C17H21BrClN3O2. The van der Waals surface area contributed by atoms with Crippen molar-refractivity contribution in [2.75, 3.05) is 37.6 Å². The summed E-state index contributed by atoms with van der Waals surface area (Å²) in [5.74, 6) is 1.17. The van der Waals surface area contributed by atoms with Crippen LogP contribution in [0.2, 0.25) is 0 Å². The van der Waals surface area contributed by atoms with Gasteiger partial charge in [-0.3, -0.25) is 9.59 Å². The van der Waals surface area contributed by atoms with Gasteiger partial charge in [0.1, 0.15) is 0 Å². The molecule has 3 aliphatic heterocycles. The number of amides is 2. The van der Waals surface area contributed by atoms with Gasteiger partial charge in [0.2, 0.25) is 11.8 Å². The van der Waals surface area contributed by atoms with E-state index < -0.39 is 0 Å². The summed E-state index contributed by atoms with van der Waals surface area (Å²) in [6, 6.07) is 7.68. The molecule has 1 unspecified atom stereocenters. The Morgan fingerprint density at radius 3 is 2.46 bits per heavy atom. The van der Waals surface area contributed by atoms with Gasteiger partial charge >= 0.3 is 0 Å². The Balaban J connectivity index is 0.00000169. The van der Waals surface area contributed by atoms with Crippen molar-refractivity contribution in [3.05, 3.63) is 28.7 Å². The van der Waals surface area contributed by atoms with Crippen molar-refractivity contribution in [2.24, 2.45) is 17.8 Å². The van der Waals surface area contributed by atoms with Crippen LogP contribution in [0.15, 0.2) is 28.7 Å². The van der Waals surface area contributed by atoms with Gasteiger partial charge in [-0.2, -0.15) is 0 Å². The normalized spacial score (nSPS) is 28.9. The maximum absolute atomic E-state index is 12.8. The van der Waals surface area contributed by atoms with Gasteiger partial charge in [0.15, 0.2) is 0 Å². The van der Waals surface area contributed by atoms with Crippen molar-refractivity contribution in [3.8, 4) is 0 Å². The van der Waals surface area contributed by atoms with Gasteiger partial charge in [-0.15, -0.1) is 12.4 Å². The van der Waals surface area contributed by atoms with E-state index in [0.29, 0.717) is 24.8 Å². The summed E-state index contributed by atoms with van der Waals surface area (Å²) >= 11 is 3.49. The second-order valence-electron chi connectivity index (χ2n) is 6.78. The quantitative estimate of drug-likeness (QED) is 0.804. The van der Waals surface area contributed by atoms with E-state index in [4.69, 9.17) is 0 Å². The van der Waals surface area contributed by atoms with Gasteiger partial charge in [0, 0.05) is 43.6 Å².